The Labute approximate surface area is 153 Å². The Balaban J connectivity index is 1.69. The van der Waals surface area contributed by atoms with Gasteiger partial charge in [-0.1, -0.05) is 37.3 Å². The van der Waals surface area contributed by atoms with Gasteiger partial charge in [0.1, 0.15) is 22.3 Å². The minimum atomic E-state index is -0.755. The first-order chi connectivity index (χ1) is 12.6. The van der Waals surface area contributed by atoms with Gasteiger partial charge in [0.05, 0.1) is 11.8 Å². The molecule has 0 unspecified atom stereocenters. The lowest BCUT2D eigenvalue weighted by molar-refractivity contribution is 0.0951. The molecule has 0 fully saturated rings. The fourth-order valence-electron chi connectivity index (χ4n) is 2.24. The Morgan fingerprint density at radius 3 is 2.54 bits per heavy atom. The van der Waals surface area contributed by atoms with Gasteiger partial charge in [0.15, 0.2) is 0 Å². The van der Waals surface area contributed by atoms with E-state index < -0.39 is 17.5 Å². The number of aryl methyl sites for hydroxylation is 1. The van der Waals surface area contributed by atoms with Crippen molar-refractivity contribution >= 4 is 23.5 Å². The van der Waals surface area contributed by atoms with E-state index in [1.807, 2.05) is 24.3 Å². The summed E-state index contributed by atoms with van der Waals surface area (Å²) in [6.07, 6.45) is 1.88. The second-order valence-corrected chi connectivity index (χ2v) is 6.28. The SMILES string of the molecule is CCc1ccc(-c2nc(C(=O)N/N=C\c3c(F)cccc3F)cs2)cc1. The van der Waals surface area contributed by atoms with Crippen molar-refractivity contribution in [3.63, 3.8) is 0 Å². The van der Waals surface area contributed by atoms with E-state index in [-0.39, 0.29) is 11.3 Å². The molecule has 3 rings (SSSR count). The third kappa shape index (κ3) is 4.00. The van der Waals surface area contributed by atoms with Crippen molar-refractivity contribution in [1.82, 2.24) is 10.4 Å². The van der Waals surface area contributed by atoms with E-state index in [4.69, 9.17) is 0 Å². The fourth-order valence-corrected chi connectivity index (χ4v) is 3.05. The molecule has 1 N–H and O–H groups in total. The van der Waals surface area contributed by atoms with Crippen LogP contribution in [0.1, 0.15) is 28.5 Å². The van der Waals surface area contributed by atoms with E-state index in [9.17, 15) is 13.6 Å². The van der Waals surface area contributed by atoms with Crippen LogP contribution in [0.3, 0.4) is 0 Å². The van der Waals surface area contributed by atoms with E-state index in [0.29, 0.717) is 5.01 Å². The zero-order valence-corrected chi connectivity index (χ0v) is 14.7. The monoisotopic (exact) mass is 371 g/mol. The molecule has 0 atom stereocenters. The molecule has 26 heavy (non-hydrogen) atoms. The Morgan fingerprint density at radius 2 is 1.88 bits per heavy atom. The van der Waals surface area contributed by atoms with Crippen LogP contribution in [0.5, 0.6) is 0 Å². The number of hydrazone groups is 1. The Hall–Kier alpha value is -2.93. The Kier molecular flexibility index (Phi) is 5.48. The molecule has 0 aliphatic heterocycles. The predicted molar refractivity (Wildman–Crippen MR) is 98.3 cm³/mol. The van der Waals surface area contributed by atoms with Crippen LogP contribution < -0.4 is 5.43 Å². The molecule has 0 radical (unpaired) electrons. The van der Waals surface area contributed by atoms with E-state index in [1.54, 1.807) is 5.38 Å². The lowest BCUT2D eigenvalue weighted by Gasteiger charge is -1.99. The maximum atomic E-state index is 13.5. The van der Waals surface area contributed by atoms with Gasteiger partial charge in [-0.3, -0.25) is 4.79 Å². The molecule has 1 amide bonds. The summed E-state index contributed by atoms with van der Waals surface area (Å²) in [5.41, 5.74) is 4.24. The quantitative estimate of drug-likeness (QED) is 0.533. The van der Waals surface area contributed by atoms with Crippen molar-refractivity contribution in [2.45, 2.75) is 13.3 Å². The number of hydrogen-bond donors (Lipinski definition) is 1. The van der Waals surface area contributed by atoms with Crippen molar-refractivity contribution < 1.29 is 13.6 Å². The molecule has 4 nitrogen and oxygen atoms in total. The molecule has 1 aromatic heterocycles. The summed E-state index contributed by atoms with van der Waals surface area (Å²) in [7, 11) is 0. The van der Waals surface area contributed by atoms with Crippen LogP contribution >= 0.6 is 11.3 Å². The second kappa shape index (κ2) is 7.97. The lowest BCUT2D eigenvalue weighted by Crippen LogP contribution is -2.18. The molecule has 3 aromatic rings. The van der Waals surface area contributed by atoms with Crippen LogP contribution in [0, 0.1) is 11.6 Å². The van der Waals surface area contributed by atoms with Crippen molar-refractivity contribution in [1.29, 1.82) is 0 Å². The number of nitrogens with zero attached hydrogens (tertiary/aromatic N) is 2. The number of benzene rings is 2. The largest absolute Gasteiger partial charge is 0.290 e. The number of nitrogens with one attached hydrogen (secondary N) is 1. The average molecular weight is 371 g/mol. The molecular weight excluding hydrogens is 356 g/mol. The summed E-state index contributed by atoms with van der Waals surface area (Å²) in [6, 6.07) is 11.4. The standard InChI is InChI=1S/C19H15F2N3OS/c1-2-12-6-8-13(9-7-12)19-23-17(11-26-19)18(25)24-22-10-14-15(20)4-3-5-16(14)21/h3-11H,2H2,1H3,(H,24,25)/b22-10-. The topological polar surface area (TPSA) is 54.4 Å². The Bertz CT molecular complexity index is 931. The molecule has 7 heteroatoms. The smallest absolute Gasteiger partial charge is 0.266 e. The van der Waals surface area contributed by atoms with Crippen LogP contribution in [0.25, 0.3) is 10.6 Å². The minimum Gasteiger partial charge on any atom is -0.266 e. The number of thiazole rings is 1. The molecule has 132 valence electrons. The molecule has 2 aromatic carbocycles. The van der Waals surface area contributed by atoms with Gasteiger partial charge in [0, 0.05) is 10.9 Å². The van der Waals surface area contributed by atoms with Gasteiger partial charge in [-0.05, 0) is 24.1 Å². The third-order valence-electron chi connectivity index (χ3n) is 3.71. The minimum absolute atomic E-state index is 0.190. The van der Waals surface area contributed by atoms with Crippen molar-refractivity contribution in [2.75, 3.05) is 0 Å². The number of aromatic nitrogens is 1. The third-order valence-corrected chi connectivity index (χ3v) is 4.60. The number of rotatable bonds is 5. The lowest BCUT2D eigenvalue weighted by atomic mass is 10.1. The van der Waals surface area contributed by atoms with Crippen LogP contribution in [-0.2, 0) is 6.42 Å². The highest BCUT2D eigenvalue weighted by atomic mass is 32.1. The number of amides is 1. The summed E-state index contributed by atoms with van der Waals surface area (Å²) < 4.78 is 27.0. The first-order valence-electron chi connectivity index (χ1n) is 7.90. The van der Waals surface area contributed by atoms with Crippen LogP contribution in [0.2, 0.25) is 0 Å². The fraction of sp³-hybridized carbons (Fsp3) is 0.105. The average Bonchev–Trinajstić information content (AvgIpc) is 3.14. The van der Waals surface area contributed by atoms with Crippen LogP contribution in [-0.4, -0.2) is 17.1 Å². The van der Waals surface area contributed by atoms with Gasteiger partial charge in [-0.25, -0.2) is 19.2 Å². The predicted octanol–water partition coefficient (Wildman–Crippen LogP) is 4.41. The molecule has 0 bridgehead atoms. The zero-order valence-electron chi connectivity index (χ0n) is 13.9. The number of carbonyl (C=O) groups is 1. The highest BCUT2D eigenvalue weighted by Crippen LogP contribution is 2.24. The first-order valence-corrected chi connectivity index (χ1v) is 8.78. The zero-order chi connectivity index (χ0) is 18.5. The van der Waals surface area contributed by atoms with E-state index in [1.165, 1.54) is 23.0 Å². The highest BCUT2D eigenvalue weighted by Gasteiger charge is 2.12. The molecule has 0 spiro atoms. The van der Waals surface area contributed by atoms with Gasteiger partial charge >= 0.3 is 0 Å². The van der Waals surface area contributed by atoms with Gasteiger partial charge in [-0.15, -0.1) is 11.3 Å². The van der Waals surface area contributed by atoms with E-state index in [0.717, 1.165) is 30.3 Å². The number of hydrogen-bond acceptors (Lipinski definition) is 4. The van der Waals surface area contributed by atoms with Gasteiger partial charge in [-0.2, -0.15) is 5.10 Å². The van der Waals surface area contributed by atoms with E-state index >= 15 is 0 Å². The first kappa shape index (κ1) is 17.9. The maximum Gasteiger partial charge on any atom is 0.290 e. The normalized spacial score (nSPS) is 11.0. The molecule has 0 saturated carbocycles. The van der Waals surface area contributed by atoms with Crippen molar-refractivity contribution in [3.8, 4) is 10.6 Å². The van der Waals surface area contributed by atoms with Gasteiger partial charge in [0.25, 0.3) is 5.91 Å². The summed E-state index contributed by atoms with van der Waals surface area (Å²) >= 11 is 1.34. The van der Waals surface area contributed by atoms with Crippen molar-refractivity contribution in [3.05, 3.63) is 76.3 Å². The second-order valence-electron chi connectivity index (χ2n) is 5.42. The number of halogens is 2. The van der Waals surface area contributed by atoms with Crippen molar-refractivity contribution in [2.24, 2.45) is 5.10 Å². The number of carbonyl (C=O) groups excluding carboxylic acids is 1. The summed E-state index contributed by atoms with van der Waals surface area (Å²) in [4.78, 5) is 16.4. The summed E-state index contributed by atoms with van der Waals surface area (Å²) in [5.74, 6) is -2.06. The molecular formula is C19H15F2N3OS. The van der Waals surface area contributed by atoms with Crippen LogP contribution in [0.4, 0.5) is 8.78 Å². The van der Waals surface area contributed by atoms with Crippen LogP contribution in [0.15, 0.2) is 52.9 Å². The Morgan fingerprint density at radius 1 is 1.19 bits per heavy atom. The molecule has 0 aliphatic rings. The molecule has 0 aliphatic carbocycles. The summed E-state index contributed by atoms with van der Waals surface area (Å²) in [6.45, 7) is 2.08. The molecule has 0 saturated heterocycles. The van der Waals surface area contributed by atoms with E-state index in [2.05, 4.69) is 22.4 Å². The summed E-state index contributed by atoms with van der Waals surface area (Å²) in [5, 5.41) is 5.92. The van der Waals surface area contributed by atoms with Gasteiger partial charge < -0.3 is 0 Å². The molecule has 1 heterocycles. The highest BCUT2D eigenvalue weighted by molar-refractivity contribution is 7.13. The maximum absolute atomic E-state index is 13.5. The van der Waals surface area contributed by atoms with Gasteiger partial charge in [0.2, 0.25) is 0 Å².